The maximum Gasteiger partial charge on any atom is 0.345 e. The maximum atomic E-state index is 12.7. The lowest BCUT2D eigenvalue weighted by Gasteiger charge is -2.17. The van der Waals surface area contributed by atoms with Crippen LogP contribution in [0.5, 0.6) is 0 Å². The molecule has 1 saturated heterocycles. The summed E-state index contributed by atoms with van der Waals surface area (Å²) in [5, 5.41) is 9.09. The summed E-state index contributed by atoms with van der Waals surface area (Å²) in [6.07, 6.45) is 4.55. The van der Waals surface area contributed by atoms with E-state index in [9.17, 15) is 9.59 Å². The van der Waals surface area contributed by atoms with Gasteiger partial charge in [-0.1, -0.05) is 27.7 Å². The molecule has 7 heteroatoms. The molecule has 0 spiro atoms. The molecule has 0 aromatic rings. The minimum Gasteiger partial charge on any atom is -0.369 e. The third-order valence-electron chi connectivity index (χ3n) is 3.75. The van der Waals surface area contributed by atoms with Crippen LogP contribution < -0.4 is 5.32 Å². The van der Waals surface area contributed by atoms with Crippen LogP contribution in [0.15, 0.2) is 27.9 Å². The van der Waals surface area contributed by atoms with Crippen molar-refractivity contribution in [2.45, 2.75) is 34.1 Å². The van der Waals surface area contributed by atoms with Crippen molar-refractivity contribution in [3.8, 4) is 0 Å². The van der Waals surface area contributed by atoms with Crippen LogP contribution in [0.2, 0.25) is 0 Å². The molecule has 0 unspecified atom stereocenters. The van der Waals surface area contributed by atoms with Crippen LogP contribution in [0.3, 0.4) is 0 Å². The molecule has 1 fully saturated rings. The molecule has 0 saturated carbocycles. The number of hydrogen-bond acceptors (Lipinski definition) is 5. The van der Waals surface area contributed by atoms with Crippen molar-refractivity contribution in [3.63, 3.8) is 0 Å². The maximum absolute atomic E-state index is 12.7. The second-order valence-electron chi connectivity index (χ2n) is 6.90. The number of urea groups is 1. The van der Waals surface area contributed by atoms with Crippen LogP contribution >= 0.6 is 11.8 Å². The summed E-state index contributed by atoms with van der Waals surface area (Å²) in [6.45, 7) is 9.45. The van der Waals surface area contributed by atoms with Gasteiger partial charge in [0.1, 0.15) is 0 Å². The van der Waals surface area contributed by atoms with Gasteiger partial charge in [-0.3, -0.25) is 4.79 Å². The number of amides is 3. The van der Waals surface area contributed by atoms with Crippen LogP contribution in [0, 0.1) is 5.41 Å². The second kappa shape index (κ2) is 7.42. The smallest absolute Gasteiger partial charge is 0.345 e. The highest BCUT2D eigenvalue weighted by Crippen LogP contribution is 2.30. The number of hydrazone groups is 1. The quantitative estimate of drug-likeness (QED) is 0.795. The number of thioether (sulfide) groups is 1. The SMILES string of the molecule is CCCNC(=O)N1N=C(C(C)(C)C)/C(=C\C=C2\SCCN2C)C1=O. The molecular formula is C17H26N4O2S. The van der Waals surface area contributed by atoms with E-state index < -0.39 is 6.03 Å². The molecule has 0 aromatic heterocycles. The van der Waals surface area contributed by atoms with Crippen LogP contribution in [0.1, 0.15) is 34.1 Å². The monoisotopic (exact) mass is 350 g/mol. The Hall–Kier alpha value is -1.76. The van der Waals surface area contributed by atoms with Gasteiger partial charge in [0, 0.05) is 31.3 Å². The lowest BCUT2D eigenvalue weighted by Crippen LogP contribution is -2.38. The molecule has 3 amide bonds. The molecule has 2 aliphatic rings. The first kappa shape index (κ1) is 18.6. The molecule has 24 heavy (non-hydrogen) atoms. The number of allylic oxidation sites excluding steroid dienone is 2. The molecule has 1 N–H and O–H groups in total. The van der Waals surface area contributed by atoms with Crippen LogP contribution in [-0.2, 0) is 4.79 Å². The van der Waals surface area contributed by atoms with Gasteiger partial charge in [0.2, 0.25) is 0 Å². The highest BCUT2D eigenvalue weighted by molar-refractivity contribution is 8.03. The number of nitrogens with one attached hydrogen (secondary N) is 1. The number of carbonyl (C=O) groups is 2. The van der Waals surface area contributed by atoms with Crippen molar-refractivity contribution in [2.75, 3.05) is 25.9 Å². The highest BCUT2D eigenvalue weighted by Gasteiger charge is 2.39. The van der Waals surface area contributed by atoms with Crippen molar-refractivity contribution >= 4 is 29.4 Å². The predicted molar refractivity (Wildman–Crippen MR) is 98.7 cm³/mol. The van der Waals surface area contributed by atoms with E-state index in [0.29, 0.717) is 17.8 Å². The lowest BCUT2D eigenvalue weighted by atomic mass is 9.85. The molecule has 0 radical (unpaired) electrons. The van der Waals surface area contributed by atoms with Gasteiger partial charge < -0.3 is 10.2 Å². The van der Waals surface area contributed by atoms with E-state index in [1.165, 1.54) is 0 Å². The Labute approximate surface area is 148 Å². The third kappa shape index (κ3) is 4.01. The Morgan fingerprint density at radius 3 is 2.62 bits per heavy atom. The van der Waals surface area contributed by atoms with Gasteiger partial charge in [0.25, 0.3) is 5.91 Å². The fraction of sp³-hybridized carbons (Fsp3) is 0.588. The summed E-state index contributed by atoms with van der Waals surface area (Å²) in [5.41, 5.74) is 0.804. The standard InChI is InChI=1S/C17H26N4O2S/c1-6-9-18-16(23)21-15(22)12(14(19-21)17(2,3)4)7-8-13-20(5)10-11-24-13/h7-8H,6,9-11H2,1-5H3,(H,18,23)/b12-7+,13-8+. The van der Waals surface area contributed by atoms with Gasteiger partial charge in [-0.25, -0.2) is 4.79 Å². The van der Waals surface area contributed by atoms with E-state index in [0.717, 1.165) is 28.8 Å². The molecule has 0 aromatic carbocycles. The summed E-state index contributed by atoms with van der Waals surface area (Å²) >= 11 is 1.76. The lowest BCUT2D eigenvalue weighted by molar-refractivity contribution is -0.123. The molecule has 2 aliphatic heterocycles. The van der Waals surface area contributed by atoms with Crippen molar-refractivity contribution in [2.24, 2.45) is 10.5 Å². The van der Waals surface area contributed by atoms with Crippen LogP contribution in [0.25, 0.3) is 0 Å². The van der Waals surface area contributed by atoms with Crippen molar-refractivity contribution in [3.05, 3.63) is 22.8 Å². The number of hydrogen-bond donors (Lipinski definition) is 1. The van der Waals surface area contributed by atoms with Gasteiger partial charge >= 0.3 is 6.03 Å². The summed E-state index contributed by atoms with van der Waals surface area (Å²) in [7, 11) is 2.03. The van der Waals surface area contributed by atoms with Crippen LogP contribution in [0.4, 0.5) is 4.79 Å². The second-order valence-corrected chi connectivity index (χ2v) is 8.02. The molecule has 2 rings (SSSR count). The summed E-state index contributed by atoms with van der Waals surface area (Å²) < 4.78 is 0. The van der Waals surface area contributed by atoms with E-state index in [1.54, 1.807) is 17.8 Å². The van der Waals surface area contributed by atoms with Gasteiger partial charge in [0.15, 0.2) is 0 Å². The van der Waals surface area contributed by atoms with E-state index >= 15 is 0 Å². The number of carbonyl (C=O) groups excluding carboxylic acids is 2. The normalized spacial score (nSPS) is 21.9. The molecule has 0 aliphatic carbocycles. The van der Waals surface area contributed by atoms with Crippen molar-refractivity contribution in [1.29, 1.82) is 0 Å². The molecule has 0 atom stereocenters. The largest absolute Gasteiger partial charge is 0.369 e. The minimum atomic E-state index is -0.466. The molecule has 0 bridgehead atoms. The Balaban J connectivity index is 2.31. The minimum absolute atomic E-state index is 0.325. The molecule has 2 heterocycles. The molecule has 6 nitrogen and oxygen atoms in total. The van der Waals surface area contributed by atoms with Gasteiger partial charge in [0.05, 0.1) is 16.3 Å². The fourth-order valence-corrected chi connectivity index (χ4v) is 3.45. The topological polar surface area (TPSA) is 65.0 Å². The Kier molecular flexibility index (Phi) is 5.74. The Bertz CT molecular complexity index is 617. The van der Waals surface area contributed by atoms with E-state index in [4.69, 9.17) is 0 Å². The summed E-state index contributed by atoms with van der Waals surface area (Å²) in [4.78, 5) is 27.0. The zero-order valence-corrected chi connectivity index (χ0v) is 15.9. The summed E-state index contributed by atoms with van der Waals surface area (Å²) in [5.74, 6) is 0.682. The predicted octanol–water partition coefficient (Wildman–Crippen LogP) is 2.80. The van der Waals surface area contributed by atoms with Gasteiger partial charge in [-0.05, 0) is 18.6 Å². The first-order chi connectivity index (χ1) is 11.3. The fourth-order valence-electron chi connectivity index (χ4n) is 2.40. The molecular weight excluding hydrogens is 324 g/mol. The van der Waals surface area contributed by atoms with Gasteiger partial charge in [-0.15, -0.1) is 16.8 Å². The third-order valence-corrected chi connectivity index (χ3v) is 4.88. The van der Waals surface area contributed by atoms with E-state index in [-0.39, 0.29) is 11.3 Å². The number of rotatable bonds is 3. The van der Waals surface area contributed by atoms with E-state index in [1.807, 2.05) is 40.8 Å². The van der Waals surface area contributed by atoms with E-state index in [2.05, 4.69) is 15.3 Å². The average Bonchev–Trinajstić information content (AvgIpc) is 3.06. The highest BCUT2D eigenvalue weighted by atomic mass is 32.2. The zero-order chi connectivity index (χ0) is 17.9. The average molecular weight is 350 g/mol. The number of nitrogens with zero attached hydrogens (tertiary/aromatic N) is 3. The molecule has 132 valence electrons. The van der Waals surface area contributed by atoms with Crippen molar-refractivity contribution < 1.29 is 9.59 Å². The zero-order valence-electron chi connectivity index (χ0n) is 15.0. The Morgan fingerprint density at radius 1 is 1.38 bits per heavy atom. The van der Waals surface area contributed by atoms with Crippen LogP contribution in [-0.4, -0.2) is 53.4 Å². The first-order valence-corrected chi connectivity index (χ1v) is 9.22. The van der Waals surface area contributed by atoms with Crippen molar-refractivity contribution in [1.82, 2.24) is 15.2 Å². The number of imide groups is 1. The van der Waals surface area contributed by atoms with Gasteiger partial charge in [-0.2, -0.15) is 5.10 Å². The first-order valence-electron chi connectivity index (χ1n) is 8.23. The Morgan fingerprint density at radius 2 is 2.08 bits per heavy atom. The summed E-state index contributed by atoms with van der Waals surface area (Å²) in [6, 6.07) is -0.466.